The fourth-order valence-corrected chi connectivity index (χ4v) is 2.45. The van der Waals surface area contributed by atoms with Gasteiger partial charge >= 0.3 is 0 Å². The van der Waals surface area contributed by atoms with Gasteiger partial charge in [-0.3, -0.25) is 9.59 Å². The Hall–Kier alpha value is -2.82. The minimum atomic E-state index is -0.255. The zero-order valence-electron chi connectivity index (χ0n) is 16.6. The molecular weight excluding hydrogens is 340 g/mol. The van der Waals surface area contributed by atoms with E-state index < -0.39 is 0 Å². The van der Waals surface area contributed by atoms with Crippen molar-refractivity contribution < 1.29 is 14.3 Å². The largest absolute Gasteiger partial charge is 0.484 e. The number of benzene rings is 2. The second kappa shape index (κ2) is 8.71. The molecule has 0 saturated carbocycles. The molecule has 2 rings (SSSR count). The third-order valence-corrected chi connectivity index (χ3v) is 3.94. The lowest BCUT2D eigenvalue weighted by atomic mass is 9.87. The molecule has 0 aliphatic rings. The smallest absolute Gasteiger partial charge is 0.262 e. The summed E-state index contributed by atoms with van der Waals surface area (Å²) in [6.07, 6.45) is 0. The van der Waals surface area contributed by atoms with Crippen molar-refractivity contribution in [2.24, 2.45) is 0 Å². The average Bonchev–Trinajstić information content (AvgIpc) is 2.59. The van der Waals surface area contributed by atoms with Gasteiger partial charge in [0.25, 0.3) is 11.8 Å². The van der Waals surface area contributed by atoms with E-state index in [0.29, 0.717) is 17.0 Å². The van der Waals surface area contributed by atoms with Gasteiger partial charge in [0.1, 0.15) is 5.75 Å². The molecule has 5 heteroatoms. The standard InChI is InChI=1S/C22H28N2O3/c1-15(2)23-21(26)16-6-10-18(11-7-16)24-20(25)14-27-19-12-8-17(9-13-19)22(3,4)5/h6-13,15H,14H2,1-5H3,(H,23,26)(H,24,25). The predicted octanol–water partition coefficient (Wildman–Crippen LogP) is 4.14. The van der Waals surface area contributed by atoms with Crippen LogP contribution in [-0.4, -0.2) is 24.5 Å². The molecule has 0 bridgehead atoms. The lowest BCUT2D eigenvalue weighted by Crippen LogP contribution is -2.30. The van der Waals surface area contributed by atoms with E-state index in [9.17, 15) is 9.59 Å². The van der Waals surface area contributed by atoms with E-state index >= 15 is 0 Å². The van der Waals surface area contributed by atoms with Crippen molar-refractivity contribution in [3.05, 3.63) is 59.7 Å². The van der Waals surface area contributed by atoms with Crippen LogP contribution >= 0.6 is 0 Å². The van der Waals surface area contributed by atoms with E-state index in [4.69, 9.17) is 4.74 Å². The molecule has 27 heavy (non-hydrogen) atoms. The van der Waals surface area contributed by atoms with Crippen molar-refractivity contribution in [2.75, 3.05) is 11.9 Å². The van der Waals surface area contributed by atoms with Gasteiger partial charge in [0.2, 0.25) is 0 Å². The zero-order valence-corrected chi connectivity index (χ0v) is 16.6. The molecule has 0 atom stereocenters. The molecule has 2 amide bonds. The predicted molar refractivity (Wildman–Crippen MR) is 108 cm³/mol. The Morgan fingerprint density at radius 2 is 1.56 bits per heavy atom. The van der Waals surface area contributed by atoms with Crippen LogP contribution in [0, 0.1) is 0 Å². The van der Waals surface area contributed by atoms with Gasteiger partial charge < -0.3 is 15.4 Å². The van der Waals surface area contributed by atoms with Crippen molar-refractivity contribution in [3.63, 3.8) is 0 Å². The fraction of sp³-hybridized carbons (Fsp3) is 0.364. The van der Waals surface area contributed by atoms with Crippen LogP contribution in [0.15, 0.2) is 48.5 Å². The van der Waals surface area contributed by atoms with Gasteiger partial charge in [-0.15, -0.1) is 0 Å². The summed E-state index contributed by atoms with van der Waals surface area (Å²) in [5, 5.41) is 5.58. The van der Waals surface area contributed by atoms with Crippen molar-refractivity contribution in [1.29, 1.82) is 0 Å². The quantitative estimate of drug-likeness (QED) is 0.805. The summed E-state index contributed by atoms with van der Waals surface area (Å²) in [5.41, 5.74) is 2.46. The average molecular weight is 368 g/mol. The fourth-order valence-electron chi connectivity index (χ4n) is 2.45. The first-order valence-corrected chi connectivity index (χ1v) is 9.09. The van der Waals surface area contributed by atoms with E-state index in [1.54, 1.807) is 24.3 Å². The Balaban J connectivity index is 1.86. The van der Waals surface area contributed by atoms with Crippen LogP contribution < -0.4 is 15.4 Å². The number of carbonyl (C=O) groups is 2. The third kappa shape index (κ3) is 6.44. The van der Waals surface area contributed by atoms with Crippen LogP contribution in [0.25, 0.3) is 0 Å². The van der Waals surface area contributed by atoms with Crippen LogP contribution in [-0.2, 0) is 10.2 Å². The molecule has 0 unspecified atom stereocenters. The Bertz CT molecular complexity index is 773. The topological polar surface area (TPSA) is 67.4 Å². The number of carbonyl (C=O) groups excluding carboxylic acids is 2. The van der Waals surface area contributed by atoms with Crippen LogP contribution in [0.5, 0.6) is 5.75 Å². The highest BCUT2D eigenvalue weighted by Gasteiger charge is 2.13. The summed E-state index contributed by atoms with van der Waals surface area (Å²) in [6.45, 7) is 10.2. The van der Waals surface area contributed by atoms with Crippen molar-refractivity contribution in [3.8, 4) is 5.75 Å². The number of nitrogens with one attached hydrogen (secondary N) is 2. The van der Waals surface area contributed by atoms with E-state index in [0.717, 1.165) is 0 Å². The first-order chi connectivity index (χ1) is 12.6. The zero-order chi connectivity index (χ0) is 20.0. The maximum absolute atomic E-state index is 12.1. The Labute approximate surface area is 161 Å². The van der Waals surface area contributed by atoms with Gasteiger partial charge in [0.05, 0.1) is 0 Å². The summed E-state index contributed by atoms with van der Waals surface area (Å²) in [4.78, 5) is 24.0. The molecule has 0 fully saturated rings. The third-order valence-electron chi connectivity index (χ3n) is 3.94. The summed E-state index contributed by atoms with van der Waals surface area (Å²) in [5.74, 6) is 0.262. The summed E-state index contributed by atoms with van der Waals surface area (Å²) < 4.78 is 5.54. The minimum absolute atomic E-state index is 0.0755. The van der Waals surface area contributed by atoms with Crippen LogP contribution in [0.4, 0.5) is 5.69 Å². The highest BCUT2D eigenvalue weighted by Crippen LogP contribution is 2.24. The van der Waals surface area contributed by atoms with E-state index in [1.807, 2.05) is 38.1 Å². The summed E-state index contributed by atoms with van der Waals surface area (Å²) >= 11 is 0. The molecule has 0 aromatic heterocycles. The van der Waals surface area contributed by atoms with E-state index in [1.165, 1.54) is 5.56 Å². The van der Waals surface area contributed by atoms with Crippen molar-refractivity contribution >= 4 is 17.5 Å². The van der Waals surface area contributed by atoms with Gasteiger partial charge in [-0.2, -0.15) is 0 Å². The second-order valence-corrected chi connectivity index (χ2v) is 7.82. The molecular formula is C22H28N2O3. The molecule has 2 aromatic carbocycles. The monoisotopic (exact) mass is 368 g/mol. The number of rotatable bonds is 6. The molecule has 0 spiro atoms. The first kappa shape index (κ1) is 20.5. The maximum atomic E-state index is 12.1. The SMILES string of the molecule is CC(C)NC(=O)c1ccc(NC(=O)COc2ccc(C(C)(C)C)cc2)cc1. The number of anilines is 1. The Morgan fingerprint density at radius 1 is 0.963 bits per heavy atom. The highest BCUT2D eigenvalue weighted by molar-refractivity contribution is 5.96. The summed E-state index contributed by atoms with van der Waals surface area (Å²) in [6, 6.07) is 14.6. The molecule has 0 aliphatic heterocycles. The van der Waals surface area contributed by atoms with Crippen LogP contribution in [0.3, 0.4) is 0 Å². The highest BCUT2D eigenvalue weighted by atomic mass is 16.5. The van der Waals surface area contributed by atoms with Crippen molar-refractivity contribution in [1.82, 2.24) is 5.32 Å². The van der Waals surface area contributed by atoms with Crippen LogP contribution in [0.2, 0.25) is 0 Å². The van der Waals surface area contributed by atoms with Gasteiger partial charge in [0.15, 0.2) is 6.61 Å². The molecule has 0 radical (unpaired) electrons. The molecule has 0 saturated heterocycles. The van der Waals surface area contributed by atoms with Gasteiger partial charge in [-0.05, 0) is 61.2 Å². The summed E-state index contributed by atoms with van der Waals surface area (Å²) in [7, 11) is 0. The van der Waals surface area contributed by atoms with E-state index in [2.05, 4.69) is 31.4 Å². The van der Waals surface area contributed by atoms with E-state index in [-0.39, 0.29) is 29.9 Å². The van der Waals surface area contributed by atoms with Crippen molar-refractivity contribution in [2.45, 2.75) is 46.1 Å². The molecule has 0 aliphatic carbocycles. The molecule has 144 valence electrons. The van der Waals surface area contributed by atoms with Gasteiger partial charge in [0, 0.05) is 17.3 Å². The molecule has 0 heterocycles. The number of hydrogen-bond acceptors (Lipinski definition) is 3. The van der Waals surface area contributed by atoms with Gasteiger partial charge in [-0.25, -0.2) is 0 Å². The lowest BCUT2D eigenvalue weighted by molar-refractivity contribution is -0.118. The number of hydrogen-bond donors (Lipinski definition) is 2. The molecule has 2 aromatic rings. The lowest BCUT2D eigenvalue weighted by Gasteiger charge is -2.19. The minimum Gasteiger partial charge on any atom is -0.484 e. The Morgan fingerprint density at radius 3 is 2.07 bits per heavy atom. The molecule has 2 N–H and O–H groups in total. The Kier molecular flexibility index (Phi) is 6.61. The van der Waals surface area contributed by atoms with Crippen LogP contribution in [0.1, 0.15) is 50.5 Å². The number of ether oxygens (including phenoxy) is 1. The first-order valence-electron chi connectivity index (χ1n) is 9.09. The van der Waals surface area contributed by atoms with Gasteiger partial charge in [-0.1, -0.05) is 32.9 Å². The normalized spacial score (nSPS) is 11.2. The maximum Gasteiger partial charge on any atom is 0.262 e. The molecule has 5 nitrogen and oxygen atoms in total. The second-order valence-electron chi connectivity index (χ2n) is 7.82. The number of amides is 2.